The fraction of sp³-hybridized carbons (Fsp3) is 0.217. The van der Waals surface area contributed by atoms with E-state index in [2.05, 4.69) is 5.32 Å². The van der Waals surface area contributed by atoms with Gasteiger partial charge in [-0.25, -0.2) is 0 Å². The Morgan fingerprint density at radius 2 is 1.68 bits per heavy atom. The average Bonchev–Trinajstić information content (AvgIpc) is 3.44. The van der Waals surface area contributed by atoms with Crippen LogP contribution in [-0.2, 0) is 12.7 Å². The second-order valence-electron chi connectivity index (χ2n) is 7.37. The van der Waals surface area contributed by atoms with Crippen LogP contribution in [0.2, 0.25) is 0 Å². The molecular weight excluding hydrogens is 425 g/mol. The number of benzene rings is 2. The van der Waals surface area contributed by atoms with Crippen LogP contribution < -0.4 is 5.32 Å². The van der Waals surface area contributed by atoms with Crippen molar-refractivity contribution in [2.24, 2.45) is 0 Å². The highest BCUT2D eigenvalue weighted by Gasteiger charge is 2.34. The molecule has 3 aromatic rings. The van der Waals surface area contributed by atoms with E-state index in [4.69, 9.17) is 0 Å². The summed E-state index contributed by atoms with van der Waals surface area (Å²) in [6.07, 6.45) is -2.63. The first-order valence-corrected chi connectivity index (χ1v) is 10.6. The molecule has 0 unspecified atom stereocenters. The number of anilines is 1. The van der Waals surface area contributed by atoms with Gasteiger partial charge in [-0.1, -0.05) is 18.2 Å². The number of carbonyl (C=O) groups is 2. The number of hydrogen-bond acceptors (Lipinski definition) is 3. The fourth-order valence-electron chi connectivity index (χ4n) is 3.21. The van der Waals surface area contributed by atoms with Crippen molar-refractivity contribution in [2.45, 2.75) is 31.6 Å². The molecular formula is C23H19F3N2O2S. The lowest BCUT2D eigenvalue weighted by molar-refractivity contribution is -0.137. The molecule has 0 atom stereocenters. The van der Waals surface area contributed by atoms with Crippen molar-refractivity contribution >= 4 is 28.8 Å². The molecule has 1 heterocycles. The number of halogens is 3. The van der Waals surface area contributed by atoms with Crippen LogP contribution in [0.15, 0.2) is 66.0 Å². The van der Waals surface area contributed by atoms with Gasteiger partial charge in [0.25, 0.3) is 11.8 Å². The van der Waals surface area contributed by atoms with Crippen molar-refractivity contribution in [3.05, 3.63) is 87.6 Å². The molecule has 4 nitrogen and oxygen atoms in total. The molecule has 8 heteroatoms. The SMILES string of the molecule is O=C(Nc1ccc(C(=O)N(Cc2ccc(C(F)(F)F)cc2)C2CC2)cc1)c1cccs1. The Hall–Kier alpha value is -3.13. The molecule has 160 valence electrons. The maximum absolute atomic E-state index is 13.0. The van der Waals surface area contributed by atoms with Crippen LogP contribution in [0, 0.1) is 0 Å². The highest BCUT2D eigenvalue weighted by atomic mass is 32.1. The highest BCUT2D eigenvalue weighted by Crippen LogP contribution is 2.32. The summed E-state index contributed by atoms with van der Waals surface area (Å²) in [5.74, 6) is -0.394. The zero-order chi connectivity index (χ0) is 22.0. The Morgan fingerprint density at radius 1 is 1.00 bits per heavy atom. The zero-order valence-corrected chi connectivity index (χ0v) is 17.2. The van der Waals surface area contributed by atoms with Crippen LogP contribution in [0.5, 0.6) is 0 Å². The minimum atomic E-state index is -4.38. The zero-order valence-electron chi connectivity index (χ0n) is 16.4. The van der Waals surface area contributed by atoms with Crippen LogP contribution in [0.4, 0.5) is 18.9 Å². The minimum Gasteiger partial charge on any atom is -0.331 e. The Kier molecular flexibility index (Phi) is 5.82. The Labute approximate surface area is 181 Å². The summed E-state index contributed by atoms with van der Waals surface area (Å²) >= 11 is 1.34. The van der Waals surface area contributed by atoms with Crippen molar-refractivity contribution in [3.8, 4) is 0 Å². The summed E-state index contributed by atoms with van der Waals surface area (Å²) in [4.78, 5) is 27.5. The summed E-state index contributed by atoms with van der Waals surface area (Å²) in [6, 6.07) is 15.1. The molecule has 0 aliphatic heterocycles. The summed E-state index contributed by atoms with van der Waals surface area (Å²) in [6.45, 7) is 0.249. The first-order chi connectivity index (χ1) is 14.8. The number of nitrogens with zero attached hydrogens (tertiary/aromatic N) is 1. The Balaban J connectivity index is 1.44. The van der Waals surface area contributed by atoms with E-state index in [9.17, 15) is 22.8 Å². The molecule has 1 aromatic heterocycles. The minimum absolute atomic E-state index is 0.0907. The molecule has 1 fully saturated rings. The molecule has 0 spiro atoms. The predicted octanol–water partition coefficient (Wildman–Crippen LogP) is 5.82. The number of hydrogen-bond donors (Lipinski definition) is 1. The Morgan fingerprint density at radius 3 is 2.23 bits per heavy atom. The first kappa shape index (κ1) is 21.1. The second kappa shape index (κ2) is 8.55. The van der Waals surface area contributed by atoms with E-state index in [0.717, 1.165) is 25.0 Å². The van der Waals surface area contributed by atoms with E-state index in [-0.39, 0.29) is 24.4 Å². The highest BCUT2D eigenvalue weighted by molar-refractivity contribution is 7.12. The van der Waals surface area contributed by atoms with Crippen LogP contribution in [0.25, 0.3) is 0 Å². The molecule has 1 N–H and O–H groups in total. The first-order valence-electron chi connectivity index (χ1n) is 9.73. The molecule has 2 aromatic carbocycles. The third-order valence-corrected chi connectivity index (χ3v) is 5.89. The van der Waals surface area contributed by atoms with Gasteiger partial charge in [0.2, 0.25) is 0 Å². The third-order valence-electron chi connectivity index (χ3n) is 5.02. The topological polar surface area (TPSA) is 49.4 Å². The molecule has 2 amide bonds. The van der Waals surface area contributed by atoms with Gasteiger partial charge in [-0.3, -0.25) is 9.59 Å². The molecule has 0 bridgehead atoms. The monoisotopic (exact) mass is 444 g/mol. The Bertz CT molecular complexity index is 1060. The van der Waals surface area contributed by atoms with Gasteiger partial charge >= 0.3 is 6.18 Å². The number of carbonyl (C=O) groups excluding carboxylic acids is 2. The summed E-state index contributed by atoms with van der Waals surface area (Å²) < 4.78 is 38.3. The lowest BCUT2D eigenvalue weighted by Gasteiger charge is -2.23. The molecule has 31 heavy (non-hydrogen) atoms. The lowest BCUT2D eigenvalue weighted by Crippen LogP contribution is -2.32. The van der Waals surface area contributed by atoms with E-state index in [0.29, 0.717) is 21.7 Å². The largest absolute Gasteiger partial charge is 0.416 e. The maximum atomic E-state index is 13.0. The molecule has 1 aliphatic carbocycles. The summed E-state index contributed by atoms with van der Waals surface area (Å²) in [5, 5.41) is 4.61. The van der Waals surface area contributed by atoms with Crippen molar-refractivity contribution < 1.29 is 22.8 Å². The normalized spacial score (nSPS) is 13.6. The van der Waals surface area contributed by atoms with E-state index in [1.807, 2.05) is 5.38 Å². The van der Waals surface area contributed by atoms with E-state index < -0.39 is 11.7 Å². The van der Waals surface area contributed by atoms with Crippen molar-refractivity contribution in [1.29, 1.82) is 0 Å². The molecule has 4 rings (SSSR count). The number of thiophene rings is 1. The fourth-order valence-corrected chi connectivity index (χ4v) is 3.83. The lowest BCUT2D eigenvalue weighted by atomic mass is 10.1. The van der Waals surface area contributed by atoms with Gasteiger partial charge in [-0.2, -0.15) is 13.2 Å². The van der Waals surface area contributed by atoms with Gasteiger partial charge in [-0.05, 0) is 66.2 Å². The predicted molar refractivity (Wildman–Crippen MR) is 113 cm³/mol. The van der Waals surface area contributed by atoms with Gasteiger partial charge in [0, 0.05) is 23.8 Å². The average molecular weight is 444 g/mol. The van der Waals surface area contributed by atoms with Crippen molar-refractivity contribution in [2.75, 3.05) is 5.32 Å². The van der Waals surface area contributed by atoms with Gasteiger partial charge in [0.15, 0.2) is 0 Å². The quantitative estimate of drug-likeness (QED) is 0.521. The number of alkyl halides is 3. The van der Waals surface area contributed by atoms with Gasteiger partial charge in [-0.15, -0.1) is 11.3 Å². The number of amides is 2. The molecule has 1 saturated carbocycles. The third kappa shape index (κ3) is 5.14. The maximum Gasteiger partial charge on any atom is 0.416 e. The molecule has 1 aliphatic rings. The second-order valence-corrected chi connectivity index (χ2v) is 8.32. The number of rotatable bonds is 6. The standard InChI is InChI=1S/C23H19F3N2O2S/c24-23(25,26)17-7-3-15(4-8-17)14-28(19-11-12-19)22(30)16-5-9-18(10-6-16)27-21(29)20-2-1-13-31-20/h1-10,13,19H,11-12,14H2,(H,27,29). The summed E-state index contributed by atoms with van der Waals surface area (Å²) in [5.41, 5.74) is 0.984. The van der Waals surface area contributed by atoms with Crippen molar-refractivity contribution in [3.63, 3.8) is 0 Å². The molecule has 0 radical (unpaired) electrons. The van der Waals surface area contributed by atoms with Gasteiger partial charge < -0.3 is 10.2 Å². The van der Waals surface area contributed by atoms with Crippen LogP contribution in [0.3, 0.4) is 0 Å². The van der Waals surface area contributed by atoms with E-state index >= 15 is 0 Å². The van der Waals surface area contributed by atoms with Gasteiger partial charge in [0.05, 0.1) is 10.4 Å². The van der Waals surface area contributed by atoms with Crippen molar-refractivity contribution in [1.82, 2.24) is 4.90 Å². The van der Waals surface area contributed by atoms with E-state index in [1.54, 1.807) is 41.3 Å². The smallest absolute Gasteiger partial charge is 0.331 e. The van der Waals surface area contributed by atoms with E-state index in [1.165, 1.54) is 23.5 Å². The van der Waals surface area contributed by atoms with Gasteiger partial charge in [0.1, 0.15) is 0 Å². The van der Waals surface area contributed by atoms with Crippen LogP contribution in [-0.4, -0.2) is 22.8 Å². The number of nitrogens with one attached hydrogen (secondary N) is 1. The summed E-state index contributed by atoms with van der Waals surface area (Å²) in [7, 11) is 0. The van der Waals surface area contributed by atoms with Crippen LogP contribution >= 0.6 is 11.3 Å². The molecule has 0 saturated heterocycles. The van der Waals surface area contributed by atoms with Crippen LogP contribution in [0.1, 0.15) is 44.0 Å².